The summed E-state index contributed by atoms with van der Waals surface area (Å²) in [5.74, 6) is -0.840. The smallest absolute Gasteiger partial charge is 0.323 e. The summed E-state index contributed by atoms with van der Waals surface area (Å²) in [7, 11) is 3.18. The van der Waals surface area contributed by atoms with Gasteiger partial charge < -0.3 is 25.3 Å². The van der Waals surface area contributed by atoms with Crippen LogP contribution in [0.15, 0.2) is 18.2 Å². The molecule has 3 aliphatic heterocycles. The zero-order valence-electron chi connectivity index (χ0n) is 16.5. The van der Waals surface area contributed by atoms with Crippen molar-refractivity contribution in [2.75, 3.05) is 43.9 Å². The average Bonchev–Trinajstić information content (AvgIpc) is 3.12. The highest BCUT2D eigenvalue weighted by atomic mass is 19.1. The molecular formula is C19H25FN6O3. The quantitative estimate of drug-likeness (QED) is 0.795. The molecule has 3 fully saturated rings. The molecule has 0 aromatic heterocycles. The molecule has 2 N–H and O–H groups in total. The topological polar surface area (TPSA) is 88.2 Å². The van der Waals surface area contributed by atoms with Crippen molar-refractivity contribution in [1.29, 1.82) is 0 Å². The van der Waals surface area contributed by atoms with Crippen LogP contribution in [0.4, 0.5) is 25.4 Å². The minimum atomic E-state index is -0.566. The van der Waals surface area contributed by atoms with E-state index in [4.69, 9.17) is 0 Å². The number of fused-ring (bicyclic) bond motifs is 1. The molecule has 0 radical (unpaired) electrons. The van der Waals surface area contributed by atoms with Gasteiger partial charge in [0, 0.05) is 32.9 Å². The van der Waals surface area contributed by atoms with Crippen LogP contribution in [0.3, 0.4) is 0 Å². The average molecular weight is 404 g/mol. The first-order chi connectivity index (χ1) is 13.9. The van der Waals surface area contributed by atoms with E-state index in [-0.39, 0.29) is 18.4 Å². The molecule has 1 aromatic carbocycles. The van der Waals surface area contributed by atoms with Crippen LogP contribution in [-0.4, -0.2) is 78.7 Å². The van der Waals surface area contributed by atoms with E-state index in [1.807, 2.05) is 4.90 Å². The molecule has 5 amide bonds. The van der Waals surface area contributed by atoms with Crippen molar-refractivity contribution in [3.63, 3.8) is 0 Å². The second kappa shape index (κ2) is 7.41. The van der Waals surface area contributed by atoms with E-state index in [0.29, 0.717) is 11.4 Å². The number of hydrogen-bond donors (Lipinski definition) is 2. The maximum Gasteiger partial charge on any atom is 0.323 e. The van der Waals surface area contributed by atoms with Gasteiger partial charge in [-0.2, -0.15) is 0 Å². The van der Waals surface area contributed by atoms with E-state index in [9.17, 15) is 18.8 Å². The van der Waals surface area contributed by atoms with Crippen molar-refractivity contribution >= 4 is 29.3 Å². The first-order valence-corrected chi connectivity index (χ1v) is 9.78. The minimum absolute atomic E-state index is 0.235. The number of rotatable bonds is 4. The number of amides is 5. The highest BCUT2D eigenvalue weighted by molar-refractivity contribution is 5.95. The van der Waals surface area contributed by atoms with Crippen molar-refractivity contribution in [1.82, 2.24) is 20.0 Å². The van der Waals surface area contributed by atoms with Gasteiger partial charge in [-0.25, -0.2) is 14.0 Å². The van der Waals surface area contributed by atoms with Gasteiger partial charge in [0.2, 0.25) is 5.91 Å². The van der Waals surface area contributed by atoms with E-state index in [1.165, 1.54) is 20.8 Å². The van der Waals surface area contributed by atoms with Gasteiger partial charge in [0.1, 0.15) is 24.7 Å². The lowest BCUT2D eigenvalue weighted by molar-refractivity contribution is -0.117. The number of nitrogens with one attached hydrogen (secondary N) is 2. The number of nitrogens with zero attached hydrogens (tertiary/aromatic N) is 4. The summed E-state index contributed by atoms with van der Waals surface area (Å²) in [4.78, 5) is 43.0. The molecule has 3 saturated heterocycles. The number of carbonyl (C=O) groups is 3. The standard InChI is InChI=1S/C19H25FN6O3/c1-23-16-17(24(2)19(23)29)26(18(28)22-16)11-15(27)21-12-6-7-14(13(20)10-12)25-8-4-3-5-9-25/h6-7,10,16-17H,3-5,8-9,11H2,1-2H3,(H,21,27)(H,22,28)/t16-,17-/m0/s1. The van der Waals surface area contributed by atoms with Crippen molar-refractivity contribution < 1.29 is 18.8 Å². The number of urea groups is 2. The van der Waals surface area contributed by atoms with Crippen molar-refractivity contribution in [2.45, 2.75) is 31.6 Å². The Morgan fingerprint density at radius 2 is 1.90 bits per heavy atom. The van der Waals surface area contributed by atoms with E-state index in [2.05, 4.69) is 10.6 Å². The zero-order valence-corrected chi connectivity index (χ0v) is 16.5. The molecule has 2 atom stereocenters. The Morgan fingerprint density at radius 3 is 2.59 bits per heavy atom. The van der Waals surface area contributed by atoms with Gasteiger partial charge in [-0.05, 0) is 37.5 Å². The van der Waals surface area contributed by atoms with Crippen LogP contribution in [0.5, 0.6) is 0 Å². The lowest BCUT2D eigenvalue weighted by Gasteiger charge is -2.29. The summed E-state index contributed by atoms with van der Waals surface area (Å²) in [6.45, 7) is 1.42. The third-order valence-corrected chi connectivity index (χ3v) is 5.79. The molecule has 10 heteroatoms. The number of hydrogen-bond acceptors (Lipinski definition) is 4. The summed E-state index contributed by atoms with van der Waals surface area (Å²) in [5, 5.41) is 5.34. The van der Waals surface area contributed by atoms with Gasteiger partial charge in [0.05, 0.1) is 5.69 Å². The number of carbonyl (C=O) groups excluding carboxylic acids is 3. The van der Waals surface area contributed by atoms with E-state index in [0.717, 1.165) is 32.4 Å². The van der Waals surface area contributed by atoms with Crippen LogP contribution in [0.2, 0.25) is 0 Å². The molecular weight excluding hydrogens is 379 g/mol. The van der Waals surface area contributed by atoms with Gasteiger partial charge in [0.25, 0.3) is 0 Å². The van der Waals surface area contributed by atoms with Gasteiger partial charge in [-0.1, -0.05) is 0 Å². The summed E-state index contributed by atoms with van der Waals surface area (Å²) in [5.41, 5.74) is 0.871. The fourth-order valence-electron chi connectivity index (χ4n) is 4.27. The molecule has 3 aliphatic rings. The zero-order chi connectivity index (χ0) is 20.7. The van der Waals surface area contributed by atoms with Gasteiger partial charge in [0.15, 0.2) is 0 Å². The maximum absolute atomic E-state index is 14.5. The normalized spacial score (nSPS) is 24.1. The lowest BCUT2D eigenvalue weighted by atomic mass is 10.1. The van der Waals surface area contributed by atoms with E-state index in [1.54, 1.807) is 26.2 Å². The second-order valence-corrected chi connectivity index (χ2v) is 7.70. The van der Waals surface area contributed by atoms with Crippen LogP contribution in [0, 0.1) is 5.82 Å². The van der Waals surface area contributed by atoms with Crippen LogP contribution in [0.1, 0.15) is 19.3 Å². The Hall–Kier alpha value is -3.04. The predicted molar refractivity (Wildman–Crippen MR) is 105 cm³/mol. The van der Waals surface area contributed by atoms with Crippen molar-refractivity contribution in [2.24, 2.45) is 0 Å². The Kier molecular flexibility index (Phi) is 4.93. The predicted octanol–water partition coefficient (Wildman–Crippen LogP) is 1.43. The second-order valence-electron chi connectivity index (χ2n) is 7.70. The Labute approximate surface area is 168 Å². The SMILES string of the molecule is CN1C(=O)N(C)[C@@H]2[C@H]1NC(=O)N2CC(=O)Nc1ccc(N2CCCCC2)c(F)c1. The Bertz CT molecular complexity index is 843. The number of benzene rings is 1. The number of likely N-dealkylation sites (N-methyl/N-ethyl adjacent to an activating group) is 2. The third-order valence-electron chi connectivity index (χ3n) is 5.79. The molecule has 3 heterocycles. The van der Waals surface area contributed by atoms with Crippen LogP contribution in [-0.2, 0) is 4.79 Å². The minimum Gasteiger partial charge on any atom is -0.369 e. The largest absolute Gasteiger partial charge is 0.369 e. The molecule has 29 heavy (non-hydrogen) atoms. The van der Waals surface area contributed by atoms with Crippen LogP contribution in [0.25, 0.3) is 0 Å². The summed E-state index contributed by atoms with van der Waals surface area (Å²) in [6, 6.07) is 3.98. The number of piperidine rings is 1. The van der Waals surface area contributed by atoms with Crippen LogP contribution < -0.4 is 15.5 Å². The Balaban J connectivity index is 1.41. The maximum atomic E-state index is 14.5. The fraction of sp³-hybridized carbons (Fsp3) is 0.526. The number of halogens is 1. The molecule has 0 unspecified atom stereocenters. The van der Waals surface area contributed by atoms with E-state index < -0.39 is 24.3 Å². The number of anilines is 2. The first kappa shape index (κ1) is 19.3. The Morgan fingerprint density at radius 1 is 1.17 bits per heavy atom. The third kappa shape index (κ3) is 3.43. The summed E-state index contributed by atoms with van der Waals surface area (Å²) in [6.07, 6.45) is 2.18. The van der Waals surface area contributed by atoms with Crippen molar-refractivity contribution in [3.05, 3.63) is 24.0 Å². The molecule has 1 aromatic rings. The summed E-state index contributed by atoms with van der Waals surface area (Å²) >= 11 is 0. The van der Waals surface area contributed by atoms with E-state index >= 15 is 0 Å². The molecule has 0 aliphatic carbocycles. The lowest BCUT2D eigenvalue weighted by Crippen LogP contribution is -2.47. The van der Waals surface area contributed by atoms with Gasteiger partial charge >= 0.3 is 12.1 Å². The molecule has 0 spiro atoms. The molecule has 0 bridgehead atoms. The first-order valence-electron chi connectivity index (χ1n) is 9.78. The monoisotopic (exact) mass is 404 g/mol. The highest BCUT2D eigenvalue weighted by Gasteiger charge is 2.52. The van der Waals surface area contributed by atoms with Crippen LogP contribution >= 0.6 is 0 Å². The molecule has 0 saturated carbocycles. The highest BCUT2D eigenvalue weighted by Crippen LogP contribution is 2.27. The fourth-order valence-corrected chi connectivity index (χ4v) is 4.27. The van der Waals surface area contributed by atoms with Crippen molar-refractivity contribution in [3.8, 4) is 0 Å². The van der Waals surface area contributed by atoms with Gasteiger partial charge in [-0.15, -0.1) is 0 Å². The molecule has 4 rings (SSSR count). The summed E-state index contributed by atoms with van der Waals surface area (Å²) < 4.78 is 14.5. The molecule has 9 nitrogen and oxygen atoms in total. The van der Waals surface area contributed by atoms with Gasteiger partial charge in [-0.3, -0.25) is 9.69 Å². The molecule has 156 valence electrons.